The average molecular weight is 369 g/mol. The molecule has 0 spiro atoms. The topological polar surface area (TPSA) is 63.5 Å². The largest absolute Gasteiger partial charge is 0.497 e. The zero-order valence-electron chi connectivity index (χ0n) is 14.9. The van der Waals surface area contributed by atoms with E-state index in [0.29, 0.717) is 12.5 Å². The number of aliphatic imine (C=N–C) groups is 1. The number of alkyl halides is 3. The Balaban J connectivity index is 1.86. The zero-order valence-corrected chi connectivity index (χ0v) is 14.9. The number of rotatable bonds is 6. The van der Waals surface area contributed by atoms with Crippen LogP contribution in [0.2, 0.25) is 0 Å². The van der Waals surface area contributed by atoms with Gasteiger partial charge in [-0.05, 0) is 24.1 Å². The Morgan fingerprint density at radius 1 is 1.23 bits per heavy atom. The molecule has 6 nitrogen and oxygen atoms in total. The van der Waals surface area contributed by atoms with Gasteiger partial charge < -0.3 is 15.4 Å². The van der Waals surface area contributed by atoms with Gasteiger partial charge in [-0.1, -0.05) is 12.1 Å². The Bertz CT molecular complexity index is 738. The van der Waals surface area contributed by atoms with E-state index < -0.39 is 11.9 Å². The van der Waals surface area contributed by atoms with Crippen LogP contribution in [0, 0.1) is 0 Å². The molecule has 1 heterocycles. The highest BCUT2D eigenvalue weighted by Gasteiger charge is 2.36. The number of benzene rings is 1. The summed E-state index contributed by atoms with van der Waals surface area (Å²) in [6.07, 6.45) is -2.39. The van der Waals surface area contributed by atoms with Crippen LogP contribution in [-0.2, 0) is 26.2 Å². The Morgan fingerprint density at radius 2 is 1.92 bits per heavy atom. The van der Waals surface area contributed by atoms with Crippen molar-refractivity contribution in [2.24, 2.45) is 12.0 Å². The van der Waals surface area contributed by atoms with Crippen molar-refractivity contribution < 1.29 is 17.9 Å². The van der Waals surface area contributed by atoms with Crippen molar-refractivity contribution in [3.8, 4) is 5.75 Å². The summed E-state index contributed by atoms with van der Waals surface area (Å²) < 4.78 is 45.1. The maximum absolute atomic E-state index is 13.0. The molecule has 2 rings (SSSR count). The minimum Gasteiger partial charge on any atom is -0.497 e. The van der Waals surface area contributed by atoms with Crippen LogP contribution in [0.1, 0.15) is 16.8 Å². The number of hydrogen-bond donors (Lipinski definition) is 2. The monoisotopic (exact) mass is 369 g/mol. The summed E-state index contributed by atoms with van der Waals surface area (Å²) in [6.45, 7) is 0.566. The molecule has 0 unspecified atom stereocenters. The number of aryl methyl sites for hydroxylation is 1. The summed E-state index contributed by atoms with van der Waals surface area (Å²) >= 11 is 0. The fourth-order valence-corrected chi connectivity index (χ4v) is 2.42. The highest BCUT2D eigenvalue weighted by molar-refractivity contribution is 5.79. The molecule has 0 saturated heterocycles. The third-order valence-corrected chi connectivity index (χ3v) is 3.71. The molecule has 0 aliphatic carbocycles. The van der Waals surface area contributed by atoms with Crippen LogP contribution in [-0.4, -0.2) is 36.4 Å². The number of guanidine groups is 1. The SMILES string of the molecule is CN=C(NCCc1ccc(OC)cc1)NCc1cn(C)nc1C(F)(F)F. The number of aromatic nitrogens is 2. The van der Waals surface area contributed by atoms with Gasteiger partial charge in [-0.25, -0.2) is 0 Å². The van der Waals surface area contributed by atoms with Crippen molar-refractivity contribution in [3.05, 3.63) is 47.3 Å². The molecule has 0 radical (unpaired) electrons. The molecule has 1 aromatic heterocycles. The Labute approximate surface area is 150 Å². The van der Waals surface area contributed by atoms with Crippen LogP contribution in [0.4, 0.5) is 13.2 Å². The molecule has 0 aliphatic heterocycles. The van der Waals surface area contributed by atoms with E-state index in [0.717, 1.165) is 22.4 Å². The summed E-state index contributed by atoms with van der Waals surface area (Å²) in [6, 6.07) is 7.68. The van der Waals surface area contributed by atoms with Crippen LogP contribution in [0.25, 0.3) is 0 Å². The molecule has 142 valence electrons. The van der Waals surface area contributed by atoms with Gasteiger partial charge in [-0.2, -0.15) is 18.3 Å². The van der Waals surface area contributed by atoms with Crippen molar-refractivity contribution in [1.29, 1.82) is 0 Å². The van der Waals surface area contributed by atoms with Crippen molar-refractivity contribution in [3.63, 3.8) is 0 Å². The molecule has 1 aromatic carbocycles. The number of nitrogens with zero attached hydrogens (tertiary/aromatic N) is 3. The molecule has 0 aliphatic rings. The van der Waals surface area contributed by atoms with Crippen LogP contribution < -0.4 is 15.4 Å². The lowest BCUT2D eigenvalue weighted by atomic mass is 10.1. The molecule has 26 heavy (non-hydrogen) atoms. The third-order valence-electron chi connectivity index (χ3n) is 3.71. The Hall–Kier alpha value is -2.71. The standard InChI is InChI=1S/C17H22F3N5O/c1-21-16(22-9-8-12-4-6-14(26-3)7-5-12)23-10-13-11-25(2)24-15(13)17(18,19)20/h4-7,11H,8-10H2,1-3H3,(H2,21,22,23). The van der Waals surface area contributed by atoms with Gasteiger partial charge in [0.2, 0.25) is 0 Å². The molecular weight excluding hydrogens is 347 g/mol. The van der Waals surface area contributed by atoms with Gasteiger partial charge in [0.25, 0.3) is 0 Å². The highest BCUT2D eigenvalue weighted by Crippen LogP contribution is 2.30. The van der Waals surface area contributed by atoms with E-state index in [1.165, 1.54) is 13.2 Å². The molecule has 0 atom stereocenters. The summed E-state index contributed by atoms with van der Waals surface area (Å²) in [5.74, 6) is 1.21. The fourth-order valence-electron chi connectivity index (χ4n) is 2.42. The highest BCUT2D eigenvalue weighted by atomic mass is 19.4. The van der Waals surface area contributed by atoms with Gasteiger partial charge in [0.15, 0.2) is 11.7 Å². The van der Waals surface area contributed by atoms with Gasteiger partial charge >= 0.3 is 6.18 Å². The first kappa shape index (κ1) is 19.6. The lowest BCUT2D eigenvalue weighted by Crippen LogP contribution is -2.38. The first-order valence-electron chi connectivity index (χ1n) is 8.00. The van der Waals surface area contributed by atoms with Crippen molar-refractivity contribution >= 4 is 5.96 Å². The van der Waals surface area contributed by atoms with E-state index in [1.807, 2.05) is 24.3 Å². The van der Waals surface area contributed by atoms with Crippen LogP contribution in [0.3, 0.4) is 0 Å². The third kappa shape index (κ3) is 5.40. The molecule has 0 bridgehead atoms. The second-order valence-electron chi connectivity index (χ2n) is 5.62. The summed E-state index contributed by atoms with van der Waals surface area (Å²) in [5, 5.41) is 9.45. The molecule has 2 N–H and O–H groups in total. The normalized spacial score (nSPS) is 12.2. The maximum Gasteiger partial charge on any atom is 0.435 e. The first-order valence-corrected chi connectivity index (χ1v) is 8.00. The lowest BCUT2D eigenvalue weighted by Gasteiger charge is -2.12. The second kappa shape index (κ2) is 8.59. The van der Waals surface area contributed by atoms with Gasteiger partial charge in [0.05, 0.1) is 7.11 Å². The molecule has 0 saturated carbocycles. The number of hydrogen-bond acceptors (Lipinski definition) is 3. The summed E-state index contributed by atoms with van der Waals surface area (Å²) in [4.78, 5) is 4.03. The molecular formula is C17H22F3N5O. The minimum absolute atomic E-state index is 0.0229. The Morgan fingerprint density at radius 3 is 2.50 bits per heavy atom. The number of halogens is 3. The smallest absolute Gasteiger partial charge is 0.435 e. The van der Waals surface area contributed by atoms with Gasteiger partial charge in [0.1, 0.15) is 5.75 Å². The minimum atomic E-state index is -4.48. The van der Waals surface area contributed by atoms with E-state index in [9.17, 15) is 13.2 Å². The van der Waals surface area contributed by atoms with E-state index >= 15 is 0 Å². The summed E-state index contributed by atoms with van der Waals surface area (Å²) in [5.41, 5.74) is 0.291. The first-order chi connectivity index (χ1) is 12.3. The molecule has 9 heteroatoms. The van der Waals surface area contributed by atoms with E-state index in [2.05, 4.69) is 20.7 Å². The van der Waals surface area contributed by atoms with Crippen molar-refractivity contribution in [2.45, 2.75) is 19.1 Å². The molecule has 2 aromatic rings. The van der Waals surface area contributed by atoms with E-state index in [4.69, 9.17) is 4.74 Å². The van der Waals surface area contributed by atoms with Gasteiger partial charge in [0, 0.05) is 38.9 Å². The zero-order chi connectivity index (χ0) is 19.2. The number of methoxy groups -OCH3 is 1. The predicted molar refractivity (Wildman–Crippen MR) is 93.1 cm³/mol. The number of ether oxygens (including phenoxy) is 1. The van der Waals surface area contributed by atoms with Gasteiger partial charge in [-0.15, -0.1) is 0 Å². The fraction of sp³-hybridized carbons (Fsp3) is 0.412. The van der Waals surface area contributed by atoms with Crippen LogP contribution >= 0.6 is 0 Å². The van der Waals surface area contributed by atoms with E-state index in [-0.39, 0.29) is 12.1 Å². The average Bonchev–Trinajstić information content (AvgIpc) is 2.99. The quantitative estimate of drug-likeness (QED) is 0.606. The van der Waals surface area contributed by atoms with E-state index in [1.54, 1.807) is 14.2 Å². The number of nitrogens with one attached hydrogen (secondary N) is 2. The van der Waals surface area contributed by atoms with Crippen molar-refractivity contribution in [2.75, 3.05) is 20.7 Å². The van der Waals surface area contributed by atoms with Crippen LogP contribution in [0.15, 0.2) is 35.5 Å². The van der Waals surface area contributed by atoms with Crippen LogP contribution in [0.5, 0.6) is 5.75 Å². The Kier molecular flexibility index (Phi) is 6.48. The predicted octanol–water partition coefficient (Wildman–Crippen LogP) is 2.36. The summed E-state index contributed by atoms with van der Waals surface area (Å²) in [7, 11) is 4.63. The molecule has 0 amide bonds. The van der Waals surface area contributed by atoms with Crippen molar-refractivity contribution in [1.82, 2.24) is 20.4 Å². The molecule has 0 fully saturated rings. The lowest BCUT2D eigenvalue weighted by molar-refractivity contribution is -0.142. The second-order valence-corrected chi connectivity index (χ2v) is 5.62. The van der Waals surface area contributed by atoms with Gasteiger partial charge in [-0.3, -0.25) is 9.67 Å². The maximum atomic E-state index is 13.0.